The summed E-state index contributed by atoms with van der Waals surface area (Å²) < 4.78 is 0. The molecule has 1 aliphatic carbocycles. The van der Waals surface area contributed by atoms with E-state index in [2.05, 4.69) is 21.8 Å². The van der Waals surface area contributed by atoms with E-state index >= 15 is 0 Å². The van der Waals surface area contributed by atoms with Gasteiger partial charge in [-0.25, -0.2) is 9.97 Å². The van der Waals surface area contributed by atoms with E-state index in [4.69, 9.17) is 0 Å². The van der Waals surface area contributed by atoms with Gasteiger partial charge in [0.05, 0.1) is 6.10 Å². The predicted molar refractivity (Wildman–Crippen MR) is 82.8 cm³/mol. The first-order chi connectivity index (χ1) is 9.74. The van der Waals surface area contributed by atoms with Gasteiger partial charge in [-0.1, -0.05) is 31.5 Å². The molecule has 0 amide bonds. The van der Waals surface area contributed by atoms with E-state index < -0.39 is 0 Å². The topological polar surface area (TPSA) is 49.2 Å². The summed E-state index contributed by atoms with van der Waals surface area (Å²) in [7, 11) is 0. The van der Waals surface area contributed by atoms with E-state index in [0.29, 0.717) is 6.04 Å². The van der Waals surface area contributed by atoms with Gasteiger partial charge in [-0.2, -0.15) is 0 Å². The Bertz CT molecular complexity index is 399. The van der Waals surface area contributed by atoms with Crippen molar-refractivity contribution in [1.29, 1.82) is 0 Å². The fraction of sp³-hybridized carbons (Fsp3) is 0.733. The van der Waals surface area contributed by atoms with E-state index in [-0.39, 0.29) is 6.10 Å². The van der Waals surface area contributed by atoms with Crippen molar-refractivity contribution < 1.29 is 5.11 Å². The van der Waals surface area contributed by atoms with Crippen molar-refractivity contribution in [3.8, 4) is 0 Å². The fourth-order valence-corrected chi connectivity index (χ4v) is 3.25. The van der Waals surface area contributed by atoms with Crippen LogP contribution in [0.3, 0.4) is 0 Å². The zero-order chi connectivity index (χ0) is 14.4. The van der Waals surface area contributed by atoms with Gasteiger partial charge >= 0.3 is 0 Å². The summed E-state index contributed by atoms with van der Waals surface area (Å²) in [6.45, 7) is 4.05. The van der Waals surface area contributed by atoms with Gasteiger partial charge in [0, 0.05) is 30.5 Å². The minimum absolute atomic E-state index is 0.179. The molecule has 1 N–H and O–H groups in total. The zero-order valence-electron chi connectivity index (χ0n) is 12.5. The van der Waals surface area contributed by atoms with Crippen molar-refractivity contribution in [3.05, 3.63) is 18.0 Å². The van der Waals surface area contributed by atoms with E-state index in [9.17, 15) is 5.11 Å². The number of thioether (sulfide) groups is 1. The van der Waals surface area contributed by atoms with Crippen LogP contribution in [-0.4, -0.2) is 44.9 Å². The van der Waals surface area contributed by atoms with Crippen LogP contribution < -0.4 is 0 Å². The Kier molecular flexibility index (Phi) is 6.26. The maximum atomic E-state index is 10.2. The van der Waals surface area contributed by atoms with Crippen LogP contribution in [0.25, 0.3) is 0 Å². The average Bonchev–Trinajstić information content (AvgIpc) is 2.48. The first-order valence-corrected chi connectivity index (χ1v) is 8.74. The van der Waals surface area contributed by atoms with E-state index in [0.717, 1.165) is 49.5 Å². The third-order valence-electron chi connectivity index (χ3n) is 3.92. The molecule has 2 atom stereocenters. The molecule has 0 unspecified atom stereocenters. The Balaban J connectivity index is 2.03. The molecule has 5 heteroatoms. The van der Waals surface area contributed by atoms with Gasteiger partial charge in [0.1, 0.15) is 0 Å². The highest BCUT2D eigenvalue weighted by atomic mass is 32.2. The molecule has 1 aromatic rings. The second-order valence-electron chi connectivity index (χ2n) is 5.47. The normalized spacial score (nSPS) is 23.2. The highest BCUT2D eigenvalue weighted by Crippen LogP contribution is 2.24. The van der Waals surface area contributed by atoms with Gasteiger partial charge in [0.2, 0.25) is 0 Å². The number of nitrogens with zero attached hydrogens (tertiary/aromatic N) is 3. The molecule has 0 radical (unpaired) electrons. The summed E-state index contributed by atoms with van der Waals surface area (Å²) in [5, 5.41) is 11.1. The molecular weight excluding hydrogens is 270 g/mol. The lowest BCUT2D eigenvalue weighted by Crippen LogP contribution is -2.45. The van der Waals surface area contributed by atoms with Crippen LogP contribution in [0.4, 0.5) is 0 Å². The van der Waals surface area contributed by atoms with Gasteiger partial charge in [0.25, 0.3) is 0 Å². The Morgan fingerprint density at radius 2 is 2.00 bits per heavy atom. The fourth-order valence-electron chi connectivity index (χ4n) is 2.93. The van der Waals surface area contributed by atoms with Gasteiger partial charge in [-0.3, -0.25) is 4.90 Å². The predicted octanol–water partition coefficient (Wildman–Crippen LogP) is 2.71. The number of aromatic nitrogens is 2. The van der Waals surface area contributed by atoms with E-state index in [1.54, 1.807) is 11.8 Å². The summed E-state index contributed by atoms with van der Waals surface area (Å²) in [6.07, 6.45) is 11.2. The van der Waals surface area contributed by atoms with Crippen LogP contribution in [0.5, 0.6) is 0 Å². The van der Waals surface area contributed by atoms with E-state index in [1.165, 1.54) is 6.42 Å². The average molecular weight is 295 g/mol. The molecule has 0 bridgehead atoms. The first kappa shape index (κ1) is 15.7. The summed E-state index contributed by atoms with van der Waals surface area (Å²) >= 11 is 1.56. The van der Waals surface area contributed by atoms with Crippen molar-refractivity contribution in [1.82, 2.24) is 14.9 Å². The number of aliphatic hydroxyl groups is 1. The van der Waals surface area contributed by atoms with Gasteiger partial charge in [-0.15, -0.1) is 0 Å². The Morgan fingerprint density at radius 3 is 2.60 bits per heavy atom. The molecular formula is C15H25N3OS. The molecule has 1 saturated carbocycles. The van der Waals surface area contributed by atoms with E-state index in [1.807, 2.05) is 18.6 Å². The third-order valence-corrected chi connectivity index (χ3v) is 4.50. The van der Waals surface area contributed by atoms with Crippen LogP contribution in [0.1, 0.15) is 44.6 Å². The largest absolute Gasteiger partial charge is 0.391 e. The maximum Gasteiger partial charge on any atom is 0.187 e. The van der Waals surface area contributed by atoms with Crippen LogP contribution in [-0.2, 0) is 6.54 Å². The smallest absolute Gasteiger partial charge is 0.187 e. The van der Waals surface area contributed by atoms with Crippen LogP contribution in [0.15, 0.2) is 17.6 Å². The van der Waals surface area contributed by atoms with Crippen LogP contribution in [0.2, 0.25) is 0 Å². The van der Waals surface area contributed by atoms with Gasteiger partial charge < -0.3 is 5.11 Å². The molecule has 112 valence electrons. The minimum atomic E-state index is -0.179. The second-order valence-corrected chi connectivity index (χ2v) is 6.24. The highest BCUT2D eigenvalue weighted by Gasteiger charge is 2.28. The standard InChI is InChI=1S/C15H25N3OS/c1-3-8-18(13-6-4-5-7-14(13)19)11-12-9-16-15(20-2)17-10-12/h9-10,13-14,19H,3-8,11H2,1-2H3/t13-,14-/m1/s1. The quantitative estimate of drug-likeness (QED) is 0.646. The monoisotopic (exact) mass is 295 g/mol. The molecule has 0 saturated heterocycles. The zero-order valence-corrected chi connectivity index (χ0v) is 13.3. The SMILES string of the molecule is CCCN(Cc1cnc(SC)nc1)[C@@H]1CCCC[C@H]1O. The summed E-state index contributed by atoms with van der Waals surface area (Å²) in [5.41, 5.74) is 1.13. The summed E-state index contributed by atoms with van der Waals surface area (Å²) in [6, 6.07) is 0.295. The Labute approximate surface area is 126 Å². The first-order valence-electron chi connectivity index (χ1n) is 7.51. The van der Waals surface area contributed by atoms with Gasteiger partial charge in [-0.05, 0) is 32.1 Å². The number of hydrogen-bond acceptors (Lipinski definition) is 5. The van der Waals surface area contributed by atoms with Crippen molar-refractivity contribution in [2.24, 2.45) is 0 Å². The molecule has 1 aromatic heterocycles. The Hall–Kier alpha value is -0.650. The van der Waals surface area contributed by atoms with Crippen molar-refractivity contribution in [2.75, 3.05) is 12.8 Å². The maximum absolute atomic E-state index is 10.2. The molecule has 0 aliphatic heterocycles. The van der Waals surface area contributed by atoms with Crippen molar-refractivity contribution in [2.45, 2.75) is 62.9 Å². The number of rotatable bonds is 6. The number of aliphatic hydroxyl groups excluding tert-OH is 1. The molecule has 4 nitrogen and oxygen atoms in total. The van der Waals surface area contributed by atoms with Crippen LogP contribution >= 0.6 is 11.8 Å². The lowest BCUT2D eigenvalue weighted by molar-refractivity contribution is 0.0155. The van der Waals surface area contributed by atoms with Crippen LogP contribution in [0, 0.1) is 0 Å². The summed E-state index contributed by atoms with van der Waals surface area (Å²) in [4.78, 5) is 11.1. The summed E-state index contributed by atoms with van der Waals surface area (Å²) in [5.74, 6) is 0. The van der Waals surface area contributed by atoms with Gasteiger partial charge in [0.15, 0.2) is 5.16 Å². The van der Waals surface area contributed by atoms with Crippen molar-refractivity contribution in [3.63, 3.8) is 0 Å². The lowest BCUT2D eigenvalue weighted by Gasteiger charge is -2.37. The lowest BCUT2D eigenvalue weighted by atomic mass is 9.91. The molecule has 0 spiro atoms. The van der Waals surface area contributed by atoms with Crippen molar-refractivity contribution >= 4 is 11.8 Å². The molecule has 0 aromatic carbocycles. The minimum Gasteiger partial charge on any atom is -0.391 e. The molecule has 20 heavy (non-hydrogen) atoms. The third kappa shape index (κ3) is 4.17. The number of hydrogen-bond donors (Lipinski definition) is 1. The molecule has 1 aliphatic rings. The highest BCUT2D eigenvalue weighted by molar-refractivity contribution is 7.98. The molecule has 2 rings (SSSR count). The molecule has 1 heterocycles. The second kappa shape index (κ2) is 7.96. The molecule has 1 fully saturated rings. The Morgan fingerprint density at radius 1 is 1.30 bits per heavy atom.